The number of ether oxygens (including phenoxy) is 1. The minimum absolute atomic E-state index is 0.292. The van der Waals surface area contributed by atoms with Crippen LogP contribution >= 0.6 is 0 Å². The zero-order valence-electron chi connectivity index (χ0n) is 8.75. The van der Waals surface area contributed by atoms with Crippen molar-refractivity contribution >= 4 is 5.78 Å². The Hall–Kier alpha value is -1.31. The summed E-state index contributed by atoms with van der Waals surface area (Å²) in [6.45, 7) is 2.02. The fourth-order valence-corrected chi connectivity index (χ4v) is 1.38. The molecule has 0 unspecified atom stereocenters. The van der Waals surface area contributed by atoms with E-state index in [1.807, 2.05) is 31.2 Å². The van der Waals surface area contributed by atoms with Crippen LogP contribution in [0.2, 0.25) is 0 Å². The third kappa shape index (κ3) is 3.21. The SMILES string of the molecule is CCCC(=O)Cc1cccc(OC)c1. The predicted octanol–water partition coefficient (Wildman–Crippen LogP) is 2.61. The Balaban J connectivity index is 2.62. The van der Waals surface area contributed by atoms with Gasteiger partial charge in [-0.15, -0.1) is 0 Å². The van der Waals surface area contributed by atoms with Gasteiger partial charge >= 0.3 is 0 Å². The molecule has 0 amide bonds. The van der Waals surface area contributed by atoms with E-state index in [2.05, 4.69) is 0 Å². The van der Waals surface area contributed by atoms with Gasteiger partial charge in [-0.2, -0.15) is 0 Å². The van der Waals surface area contributed by atoms with Crippen molar-refractivity contribution in [3.63, 3.8) is 0 Å². The Labute approximate surface area is 84.9 Å². The van der Waals surface area contributed by atoms with Crippen LogP contribution in [-0.4, -0.2) is 12.9 Å². The highest BCUT2D eigenvalue weighted by molar-refractivity contribution is 5.80. The average molecular weight is 192 g/mol. The Kier molecular flexibility index (Phi) is 4.17. The van der Waals surface area contributed by atoms with Gasteiger partial charge in [-0.3, -0.25) is 4.79 Å². The first kappa shape index (κ1) is 10.8. The van der Waals surface area contributed by atoms with Crippen LogP contribution in [0.1, 0.15) is 25.3 Å². The normalized spacial score (nSPS) is 9.86. The zero-order chi connectivity index (χ0) is 10.4. The first-order valence-corrected chi connectivity index (χ1v) is 4.91. The molecular weight excluding hydrogens is 176 g/mol. The third-order valence-corrected chi connectivity index (χ3v) is 2.06. The smallest absolute Gasteiger partial charge is 0.137 e. The van der Waals surface area contributed by atoms with Gasteiger partial charge in [0.25, 0.3) is 0 Å². The second-order valence-corrected chi connectivity index (χ2v) is 3.32. The molecule has 0 saturated carbocycles. The maximum Gasteiger partial charge on any atom is 0.137 e. The Morgan fingerprint density at radius 2 is 2.21 bits per heavy atom. The molecule has 0 aromatic heterocycles. The number of carbonyl (C=O) groups excluding carboxylic acids is 1. The molecule has 1 aromatic rings. The van der Waals surface area contributed by atoms with Crippen molar-refractivity contribution in [2.75, 3.05) is 7.11 Å². The lowest BCUT2D eigenvalue weighted by Gasteiger charge is -2.03. The van der Waals surface area contributed by atoms with E-state index in [1.165, 1.54) is 0 Å². The molecule has 0 N–H and O–H groups in total. The molecule has 0 saturated heterocycles. The van der Waals surface area contributed by atoms with E-state index in [1.54, 1.807) is 7.11 Å². The highest BCUT2D eigenvalue weighted by Crippen LogP contribution is 2.13. The highest BCUT2D eigenvalue weighted by Gasteiger charge is 2.02. The van der Waals surface area contributed by atoms with Crippen LogP contribution in [-0.2, 0) is 11.2 Å². The summed E-state index contributed by atoms with van der Waals surface area (Å²) in [5.74, 6) is 1.10. The number of ketones is 1. The summed E-state index contributed by atoms with van der Waals surface area (Å²) in [5.41, 5.74) is 1.03. The Morgan fingerprint density at radius 1 is 1.43 bits per heavy atom. The number of methoxy groups -OCH3 is 1. The summed E-state index contributed by atoms with van der Waals surface area (Å²) in [7, 11) is 1.63. The summed E-state index contributed by atoms with van der Waals surface area (Å²) >= 11 is 0. The molecule has 0 aliphatic rings. The van der Waals surface area contributed by atoms with Gasteiger partial charge in [0, 0.05) is 12.8 Å². The molecule has 0 radical (unpaired) electrons. The van der Waals surface area contributed by atoms with E-state index in [-0.39, 0.29) is 0 Å². The monoisotopic (exact) mass is 192 g/mol. The van der Waals surface area contributed by atoms with Crippen LogP contribution in [0.25, 0.3) is 0 Å². The maximum absolute atomic E-state index is 11.4. The van der Waals surface area contributed by atoms with E-state index >= 15 is 0 Å². The largest absolute Gasteiger partial charge is 0.497 e. The average Bonchev–Trinajstić information content (AvgIpc) is 2.18. The Bertz CT molecular complexity index is 305. The predicted molar refractivity (Wildman–Crippen MR) is 56.6 cm³/mol. The Morgan fingerprint density at radius 3 is 2.86 bits per heavy atom. The first-order chi connectivity index (χ1) is 6.76. The quantitative estimate of drug-likeness (QED) is 0.716. The van der Waals surface area contributed by atoms with Crippen LogP contribution in [0, 0.1) is 0 Å². The number of carbonyl (C=O) groups is 1. The van der Waals surface area contributed by atoms with Crippen molar-refractivity contribution in [2.45, 2.75) is 26.2 Å². The van der Waals surface area contributed by atoms with E-state index in [4.69, 9.17) is 4.74 Å². The summed E-state index contributed by atoms with van der Waals surface area (Å²) in [5, 5.41) is 0. The minimum atomic E-state index is 0.292. The standard InChI is InChI=1S/C12H16O2/c1-3-5-11(13)8-10-6-4-7-12(9-10)14-2/h4,6-7,9H,3,5,8H2,1-2H3. The molecule has 0 fully saturated rings. The number of hydrogen-bond acceptors (Lipinski definition) is 2. The van der Waals surface area contributed by atoms with E-state index < -0.39 is 0 Å². The van der Waals surface area contributed by atoms with Crippen molar-refractivity contribution in [1.29, 1.82) is 0 Å². The van der Waals surface area contributed by atoms with Gasteiger partial charge in [-0.1, -0.05) is 19.1 Å². The zero-order valence-corrected chi connectivity index (χ0v) is 8.75. The van der Waals surface area contributed by atoms with Crippen LogP contribution in [0.4, 0.5) is 0 Å². The van der Waals surface area contributed by atoms with Crippen molar-refractivity contribution < 1.29 is 9.53 Å². The molecular formula is C12H16O2. The first-order valence-electron chi connectivity index (χ1n) is 4.91. The molecule has 0 spiro atoms. The second-order valence-electron chi connectivity index (χ2n) is 3.32. The van der Waals surface area contributed by atoms with Gasteiger partial charge < -0.3 is 4.74 Å². The van der Waals surface area contributed by atoms with E-state index in [9.17, 15) is 4.79 Å². The van der Waals surface area contributed by atoms with Gasteiger partial charge in [0.1, 0.15) is 11.5 Å². The lowest BCUT2D eigenvalue weighted by molar-refractivity contribution is -0.118. The summed E-state index contributed by atoms with van der Waals surface area (Å²) in [4.78, 5) is 11.4. The molecule has 0 bridgehead atoms. The molecule has 1 aromatic carbocycles. The molecule has 0 heterocycles. The lowest BCUT2D eigenvalue weighted by atomic mass is 10.1. The van der Waals surface area contributed by atoms with Gasteiger partial charge in [-0.25, -0.2) is 0 Å². The fourth-order valence-electron chi connectivity index (χ4n) is 1.38. The van der Waals surface area contributed by atoms with Crippen molar-refractivity contribution in [2.24, 2.45) is 0 Å². The highest BCUT2D eigenvalue weighted by atomic mass is 16.5. The van der Waals surface area contributed by atoms with Gasteiger partial charge in [0.15, 0.2) is 0 Å². The topological polar surface area (TPSA) is 26.3 Å². The molecule has 14 heavy (non-hydrogen) atoms. The number of benzene rings is 1. The molecule has 1 rings (SSSR count). The van der Waals surface area contributed by atoms with E-state index in [0.717, 1.165) is 17.7 Å². The van der Waals surface area contributed by atoms with Crippen LogP contribution < -0.4 is 4.74 Å². The lowest BCUT2D eigenvalue weighted by Crippen LogP contribution is -2.01. The van der Waals surface area contributed by atoms with Gasteiger partial charge in [0.2, 0.25) is 0 Å². The minimum Gasteiger partial charge on any atom is -0.497 e. The maximum atomic E-state index is 11.4. The second kappa shape index (κ2) is 5.43. The van der Waals surface area contributed by atoms with Crippen LogP contribution in [0.3, 0.4) is 0 Å². The number of Topliss-reactive ketones (excluding diaryl/α,β-unsaturated/α-hetero) is 1. The van der Waals surface area contributed by atoms with Gasteiger partial charge in [0.05, 0.1) is 7.11 Å². The van der Waals surface area contributed by atoms with Crippen molar-refractivity contribution in [1.82, 2.24) is 0 Å². The fraction of sp³-hybridized carbons (Fsp3) is 0.417. The number of hydrogen-bond donors (Lipinski definition) is 0. The molecule has 0 aliphatic carbocycles. The van der Waals surface area contributed by atoms with Crippen LogP contribution in [0.5, 0.6) is 5.75 Å². The molecule has 2 nitrogen and oxygen atoms in total. The molecule has 0 aliphatic heterocycles. The van der Waals surface area contributed by atoms with E-state index in [0.29, 0.717) is 18.6 Å². The summed E-state index contributed by atoms with van der Waals surface area (Å²) in [6.07, 6.45) is 2.10. The third-order valence-electron chi connectivity index (χ3n) is 2.06. The van der Waals surface area contributed by atoms with Crippen molar-refractivity contribution in [3.05, 3.63) is 29.8 Å². The summed E-state index contributed by atoms with van der Waals surface area (Å²) in [6, 6.07) is 7.66. The molecule has 2 heteroatoms. The van der Waals surface area contributed by atoms with Crippen molar-refractivity contribution in [3.8, 4) is 5.75 Å². The molecule has 76 valence electrons. The summed E-state index contributed by atoms with van der Waals surface area (Å²) < 4.78 is 5.09. The molecule has 0 atom stereocenters. The van der Waals surface area contributed by atoms with Gasteiger partial charge in [-0.05, 0) is 24.1 Å². The number of rotatable bonds is 5. The van der Waals surface area contributed by atoms with Crippen LogP contribution in [0.15, 0.2) is 24.3 Å².